The van der Waals surface area contributed by atoms with Gasteiger partial charge in [-0.25, -0.2) is 9.59 Å². The van der Waals surface area contributed by atoms with Crippen LogP contribution < -0.4 is 5.69 Å². The second-order valence-corrected chi connectivity index (χ2v) is 6.56. The summed E-state index contributed by atoms with van der Waals surface area (Å²) < 4.78 is 7.07. The van der Waals surface area contributed by atoms with Crippen molar-refractivity contribution < 1.29 is 9.53 Å². The summed E-state index contributed by atoms with van der Waals surface area (Å²) in [5.41, 5.74) is 0.842. The largest absolute Gasteiger partial charge is 0.444 e. The number of pyridine rings is 1. The first-order chi connectivity index (χ1) is 10.3. The Morgan fingerprint density at radius 1 is 1.45 bits per heavy atom. The molecule has 0 bridgehead atoms. The summed E-state index contributed by atoms with van der Waals surface area (Å²) in [5.74, 6) is 0. The molecule has 1 aliphatic heterocycles. The molecule has 0 saturated carbocycles. The van der Waals surface area contributed by atoms with E-state index in [1.807, 2.05) is 20.8 Å². The van der Waals surface area contributed by atoms with Crippen molar-refractivity contribution >= 4 is 17.1 Å². The lowest BCUT2D eigenvalue weighted by Gasteiger charge is -2.24. The molecular formula is C15H20N4O3. The molecule has 22 heavy (non-hydrogen) atoms. The molecule has 0 aromatic carbocycles. The molecule has 0 aliphatic carbocycles. The molecule has 2 aromatic heterocycles. The number of amides is 1. The number of nitrogens with zero attached hydrogens (tertiary/aromatic N) is 3. The van der Waals surface area contributed by atoms with Gasteiger partial charge in [-0.1, -0.05) is 0 Å². The highest BCUT2D eigenvalue weighted by atomic mass is 16.6. The highest BCUT2D eigenvalue weighted by molar-refractivity contribution is 5.74. The zero-order valence-electron chi connectivity index (χ0n) is 13.0. The highest BCUT2D eigenvalue weighted by Gasteiger charge is 2.32. The van der Waals surface area contributed by atoms with E-state index in [-0.39, 0.29) is 17.8 Å². The van der Waals surface area contributed by atoms with Gasteiger partial charge >= 0.3 is 11.8 Å². The Morgan fingerprint density at radius 2 is 2.23 bits per heavy atom. The Labute approximate surface area is 127 Å². The molecule has 7 heteroatoms. The van der Waals surface area contributed by atoms with Crippen LogP contribution in [0.4, 0.5) is 4.79 Å². The molecule has 0 radical (unpaired) electrons. The highest BCUT2D eigenvalue weighted by Crippen LogP contribution is 2.25. The lowest BCUT2D eigenvalue weighted by molar-refractivity contribution is 0.0289. The van der Waals surface area contributed by atoms with E-state index in [1.165, 1.54) is 0 Å². The summed E-state index contributed by atoms with van der Waals surface area (Å²) in [6.45, 7) is 6.58. The third-order valence-electron chi connectivity index (χ3n) is 3.70. The number of ether oxygens (including phenoxy) is 1. The van der Waals surface area contributed by atoms with E-state index in [1.54, 1.807) is 27.9 Å². The van der Waals surface area contributed by atoms with Gasteiger partial charge in [0.15, 0.2) is 0 Å². The number of aromatic nitrogens is 3. The number of hydrogen-bond acceptors (Lipinski definition) is 4. The summed E-state index contributed by atoms with van der Waals surface area (Å²) >= 11 is 0. The van der Waals surface area contributed by atoms with E-state index in [0.29, 0.717) is 13.1 Å². The summed E-state index contributed by atoms with van der Waals surface area (Å²) in [7, 11) is 0. The van der Waals surface area contributed by atoms with Gasteiger partial charge in [-0.3, -0.25) is 9.55 Å². The van der Waals surface area contributed by atoms with E-state index in [0.717, 1.165) is 17.5 Å². The number of likely N-dealkylation sites (tertiary alicyclic amines) is 1. The number of hydrogen-bond donors (Lipinski definition) is 1. The Balaban J connectivity index is 1.82. The number of aromatic amines is 1. The summed E-state index contributed by atoms with van der Waals surface area (Å²) in [6, 6.07) is 1.71. The number of carbonyl (C=O) groups excluding carboxylic acids is 1. The van der Waals surface area contributed by atoms with Crippen molar-refractivity contribution in [3.8, 4) is 0 Å². The monoisotopic (exact) mass is 304 g/mol. The minimum Gasteiger partial charge on any atom is -0.444 e. The molecule has 118 valence electrons. The van der Waals surface area contributed by atoms with Crippen LogP contribution in [0.15, 0.2) is 23.3 Å². The second kappa shape index (κ2) is 5.15. The fraction of sp³-hybridized carbons (Fsp3) is 0.533. The average molecular weight is 304 g/mol. The quantitative estimate of drug-likeness (QED) is 0.872. The van der Waals surface area contributed by atoms with Crippen LogP contribution in [-0.2, 0) is 4.74 Å². The fourth-order valence-electron chi connectivity index (χ4n) is 2.78. The normalized spacial score (nSPS) is 18.9. The maximum absolute atomic E-state index is 12.2. The van der Waals surface area contributed by atoms with Crippen LogP contribution in [-0.4, -0.2) is 44.2 Å². The second-order valence-electron chi connectivity index (χ2n) is 6.56. The molecule has 1 fully saturated rings. The molecular weight excluding hydrogens is 284 g/mol. The number of carbonyl (C=O) groups is 1. The van der Waals surface area contributed by atoms with E-state index >= 15 is 0 Å². The Morgan fingerprint density at radius 3 is 2.95 bits per heavy atom. The Kier molecular flexibility index (Phi) is 3.42. The van der Waals surface area contributed by atoms with Gasteiger partial charge in [0.05, 0.1) is 23.3 Å². The summed E-state index contributed by atoms with van der Waals surface area (Å²) in [6.07, 6.45) is 3.70. The van der Waals surface area contributed by atoms with E-state index in [4.69, 9.17) is 4.74 Å². The minimum absolute atomic E-state index is 0.0574. The van der Waals surface area contributed by atoms with Crippen molar-refractivity contribution in [3.05, 3.63) is 28.9 Å². The summed E-state index contributed by atoms with van der Waals surface area (Å²) in [4.78, 5) is 32.8. The van der Waals surface area contributed by atoms with Crippen LogP contribution in [0.5, 0.6) is 0 Å². The van der Waals surface area contributed by atoms with Gasteiger partial charge in [0.1, 0.15) is 5.60 Å². The van der Waals surface area contributed by atoms with Gasteiger partial charge in [-0.05, 0) is 33.3 Å². The van der Waals surface area contributed by atoms with E-state index in [9.17, 15) is 9.59 Å². The fourth-order valence-corrected chi connectivity index (χ4v) is 2.78. The number of fused-ring (bicyclic) bond motifs is 1. The number of rotatable bonds is 1. The smallest absolute Gasteiger partial charge is 0.410 e. The van der Waals surface area contributed by atoms with Gasteiger partial charge in [-0.15, -0.1) is 0 Å². The van der Waals surface area contributed by atoms with Crippen molar-refractivity contribution in [1.29, 1.82) is 0 Å². The third-order valence-corrected chi connectivity index (χ3v) is 3.70. The van der Waals surface area contributed by atoms with Crippen molar-refractivity contribution in [2.45, 2.75) is 38.8 Å². The molecule has 1 amide bonds. The summed E-state index contributed by atoms with van der Waals surface area (Å²) in [5, 5.41) is 0. The first-order valence-electron chi connectivity index (χ1n) is 7.37. The molecule has 0 spiro atoms. The molecule has 3 rings (SSSR count). The predicted molar refractivity (Wildman–Crippen MR) is 81.8 cm³/mol. The zero-order chi connectivity index (χ0) is 15.9. The average Bonchev–Trinajstić information content (AvgIpc) is 2.99. The number of H-pyrrole nitrogens is 1. The van der Waals surface area contributed by atoms with Crippen molar-refractivity contribution in [3.63, 3.8) is 0 Å². The van der Waals surface area contributed by atoms with Crippen LogP contribution in [0.25, 0.3) is 11.0 Å². The SMILES string of the molecule is CC(C)(C)OC(=O)N1CC[C@H](n2c(=O)[nH]c3ccncc32)C1. The topological polar surface area (TPSA) is 80.2 Å². The molecule has 0 unspecified atom stereocenters. The van der Waals surface area contributed by atoms with Crippen LogP contribution in [0.3, 0.4) is 0 Å². The lowest BCUT2D eigenvalue weighted by Crippen LogP contribution is -2.36. The van der Waals surface area contributed by atoms with Crippen molar-refractivity contribution in [2.75, 3.05) is 13.1 Å². The van der Waals surface area contributed by atoms with Gasteiger partial charge in [-0.2, -0.15) is 0 Å². The van der Waals surface area contributed by atoms with Crippen molar-refractivity contribution in [2.24, 2.45) is 0 Å². The van der Waals surface area contributed by atoms with Gasteiger partial charge in [0, 0.05) is 19.3 Å². The van der Waals surface area contributed by atoms with E-state index in [2.05, 4.69) is 9.97 Å². The van der Waals surface area contributed by atoms with Crippen LogP contribution in [0.1, 0.15) is 33.2 Å². The van der Waals surface area contributed by atoms with Crippen molar-refractivity contribution in [1.82, 2.24) is 19.4 Å². The lowest BCUT2D eigenvalue weighted by atomic mass is 10.2. The standard InChI is InChI=1S/C15H20N4O3/c1-15(2,3)22-14(21)18-7-5-10(9-18)19-12-8-16-6-4-11(12)17-13(19)20/h4,6,8,10H,5,7,9H2,1-3H3,(H,17,20)/t10-/m0/s1. The zero-order valence-corrected chi connectivity index (χ0v) is 13.0. The molecule has 7 nitrogen and oxygen atoms in total. The number of nitrogens with one attached hydrogen (secondary N) is 1. The molecule has 1 aliphatic rings. The predicted octanol–water partition coefficient (Wildman–Crippen LogP) is 1.91. The third kappa shape index (κ3) is 2.70. The minimum atomic E-state index is -0.517. The van der Waals surface area contributed by atoms with Crippen LogP contribution >= 0.6 is 0 Å². The van der Waals surface area contributed by atoms with Crippen LogP contribution in [0.2, 0.25) is 0 Å². The molecule has 2 aromatic rings. The Hall–Kier alpha value is -2.31. The first-order valence-corrected chi connectivity index (χ1v) is 7.37. The molecule has 1 N–H and O–H groups in total. The number of imidazole rings is 1. The van der Waals surface area contributed by atoms with Gasteiger partial charge in [0.2, 0.25) is 0 Å². The van der Waals surface area contributed by atoms with Gasteiger partial charge < -0.3 is 14.6 Å². The van der Waals surface area contributed by atoms with Gasteiger partial charge in [0.25, 0.3) is 0 Å². The van der Waals surface area contributed by atoms with Crippen LogP contribution in [0, 0.1) is 0 Å². The Bertz CT molecular complexity index is 756. The van der Waals surface area contributed by atoms with E-state index < -0.39 is 5.60 Å². The molecule has 1 saturated heterocycles. The molecule has 3 heterocycles. The maximum Gasteiger partial charge on any atom is 0.410 e. The molecule has 1 atom stereocenters. The maximum atomic E-state index is 12.2. The first kappa shape index (κ1) is 14.6.